The zero-order valence-corrected chi connectivity index (χ0v) is 13.5. The fourth-order valence-electron chi connectivity index (χ4n) is 2.64. The summed E-state index contributed by atoms with van der Waals surface area (Å²) in [6.45, 7) is 3.64. The fourth-order valence-corrected chi connectivity index (χ4v) is 3.39. The Hall–Kier alpha value is -1.95. The van der Waals surface area contributed by atoms with E-state index in [-0.39, 0.29) is 24.3 Å². The van der Waals surface area contributed by atoms with Gasteiger partial charge in [0.05, 0.1) is 5.92 Å². The topological polar surface area (TPSA) is 61.2 Å². The minimum Gasteiger partial charge on any atom is -0.457 e. The summed E-state index contributed by atoms with van der Waals surface area (Å²) < 4.78 is 7.10. The van der Waals surface area contributed by atoms with Crippen molar-refractivity contribution in [3.05, 3.63) is 34.6 Å². The molecule has 1 aliphatic carbocycles. The molecule has 0 atom stereocenters. The maximum Gasteiger partial charge on any atom is 0.309 e. The molecule has 1 aliphatic rings. The van der Waals surface area contributed by atoms with Gasteiger partial charge >= 0.3 is 5.97 Å². The smallest absolute Gasteiger partial charge is 0.309 e. The largest absolute Gasteiger partial charge is 0.457 e. The number of esters is 1. The molecule has 116 valence electrons. The monoisotopic (exact) mass is 318 g/mol. The lowest BCUT2D eigenvalue weighted by molar-refractivity contribution is -0.150. The van der Waals surface area contributed by atoms with E-state index in [1.54, 1.807) is 6.20 Å². The van der Waals surface area contributed by atoms with Crippen LogP contribution in [0.2, 0.25) is 0 Å². The Balaban J connectivity index is 1.73. The number of ether oxygens (including phenoxy) is 1. The molecule has 5 nitrogen and oxygen atoms in total. The van der Waals surface area contributed by atoms with Gasteiger partial charge in [-0.15, -0.1) is 11.3 Å². The van der Waals surface area contributed by atoms with E-state index in [1.165, 1.54) is 11.3 Å². The first-order chi connectivity index (χ1) is 10.6. The third-order valence-electron chi connectivity index (χ3n) is 4.13. The number of aromatic nitrogens is 2. The Bertz CT molecular complexity index is 699. The van der Waals surface area contributed by atoms with E-state index < -0.39 is 0 Å². The van der Waals surface area contributed by atoms with E-state index >= 15 is 0 Å². The molecule has 2 aromatic rings. The number of hydrogen-bond donors (Lipinski definition) is 0. The first-order valence-corrected chi connectivity index (χ1v) is 8.24. The van der Waals surface area contributed by atoms with E-state index in [4.69, 9.17) is 4.74 Å². The van der Waals surface area contributed by atoms with Crippen molar-refractivity contribution < 1.29 is 14.3 Å². The van der Waals surface area contributed by atoms with Gasteiger partial charge in [0.1, 0.15) is 0 Å². The molecule has 0 amide bonds. The predicted molar refractivity (Wildman–Crippen MR) is 83.5 cm³/mol. The molecule has 1 fully saturated rings. The van der Waals surface area contributed by atoms with E-state index in [0.29, 0.717) is 5.56 Å². The molecule has 0 aromatic carbocycles. The van der Waals surface area contributed by atoms with Crippen LogP contribution in [0.25, 0.3) is 5.13 Å². The van der Waals surface area contributed by atoms with Crippen molar-refractivity contribution >= 4 is 23.1 Å². The number of rotatable bonds is 5. The van der Waals surface area contributed by atoms with Crippen molar-refractivity contribution in [1.29, 1.82) is 0 Å². The molecule has 0 saturated heterocycles. The summed E-state index contributed by atoms with van der Waals surface area (Å²) >= 11 is 1.52. The highest BCUT2D eigenvalue weighted by atomic mass is 32.1. The van der Waals surface area contributed by atoms with Crippen molar-refractivity contribution in [1.82, 2.24) is 9.55 Å². The first-order valence-electron chi connectivity index (χ1n) is 7.36. The zero-order chi connectivity index (χ0) is 15.7. The van der Waals surface area contributed by atoms with Gasteiger partial charge in [-0.3, -0.25) is 14.2 Å². The third-order valence-corrected chi connectivity index (χ3v) is 4.88. The maximum absolute atomic E-state index is 12.3. The summed E-state index contributed by atoms with van der Waals surface area (Å²) in [7, 11) is 0. The average molecular weight is 318 g/mol. The van der Waals surface area contributed by atoms with Crippen LogP contribution >= 0.6 is 11.3 Å². The van der Waals surface area contributed by atoms with Gasteiger partial charge in [0, 0.05) is 28.5 Å². The number of hydrogen-bond acceptors (Lipinski definition) is 5. The molecule has 2 heterocycles. The van der Waals surface area contributed by atoms with Gasteiger partial charge in [-0.05, 0) is 32.8 Å². The van der Waals surface area contributed by atoms with E-state index in [9.17, 15) is 9.59 Å². The number of carbonyl (C=O) groups is 2. The van der Waals surface area contributed by atoms with E-state index in [2.05, 4.69) is 4.98 Å². The van der Waals surface area contributed by atoms with E-state index in [1.807, 2.05) is 29.9 Å². The van der Waals surface area contributed by atoms with Crippen molar-refractivity contribution in [2.75, 3.05) is 6.61 Å². The van der Waals surface area contributed by atoms with Crippen LogP contribution in [0.5, 0.6) is 0 Å². The lowest BCUT2D eigenvalue weighted by atomic mass is 9.86. The van der Waals surface area contributed by atoms with E-state index in [0.717, 1.165) is 35.8 Å². The number of carbonyl (C=O) groups excluding carboxylic acids is 2. The number of ketones is 1. The number of nitrogens with zero attached hydrogens (tertiary/aromatic N) is 2. The molecule has 0 N–H and O–H groups in total. The van der Waals surface area contributed by atoms with Crippen molar-refractivity contribution in [2.45, 2.75) is 33.1 Å². The predicted octanol–water partition coefficient (Wildman–Crippen LogP) is 3.08. The standard InChI is InChI=1S/C16H18N2O3S/c1-10-8-13(11(2)18(10)16-17-6-7-22-16)14(19)9-21-15(20)12-4-3-5-12/h6-8,12H,3-5,9H2,1-2H3. The molecule has 2 aromatic heterocycles. The van der Waals surface area contributed by atoms with Crippen LogP contribution < -0.4 is 0 Å². The highest BCUT2D eigenvalue weighted by Crippen LogP contribution is 2.27. The SMILES string of the molecule is Cc1cc(C(=O)COC(=O)C2CCC2)c(C)n1-c1nccs1. The third kappa shape index (κ3) is 2.70. The summed E-state index contributed by atoms with van der Waals surface area (Å²) in [5.41, 5.74) is 2.37. The summed E-state index contributed by atoms with van der Waals surface area (Å²) in [5.74, 6) is -0.410. The Morgan fingerprint density at radius 2 is 2.18 bits per heavy atom. The molecule has 0 unspecified atom stereocenters. The number of thiazole rings is 1. The second-order valence-corrected chi connectivity index (χ2v) is 6.47. The average Bonchev–Trinajstić information content (AvgIpc) is 3.02. The number of Topliss-reactive ketones (excluding diaryl/α,β-unsaturated/α-hetero) is 1. The van der Waals surface area contributed by atoms with Crippen LogP contribution in [0, 0.1) is 19.8 Å². The molecule has 6 heteroatoms. The van der Waals surface area contributed by atoms with Crippen molar-refractivity contribution in [3.63, 3.8) is 0 Å². The van der Waals surface area contributed by atoms with Gasteiger partial charge in [0.15, 0.2) is 11.7 Å². The molecule has 0 bridgehead atoms. The fraction of sp³-hybridized carbons (Fsp3) is 0.438. The Morgan fingerprint density at radius 3 is 2.77 bits per heavy atom. The molecule has 22 heavy (non-hydrogen) atoms. The summed E-state index contributed by atoms with van der Waals surface area (Å²) in [6, 6.07) is 1.83. The minimum atomic E-state index is -0.242. The summed E-state index contributed by atoms with van der Waals surface area (Å²) in [4.78, 5) is 28.3. The molecule has 0 radical (unpaired) electrons. The second kappa shape index (κ2) is 6.04. The summed E-state index contributed by atoms with van der Waals surface area (Å²) in [5, 5.41) is 2.73. The molecule has 3 rings (SSSR count). The molecule has 1 saturated carbocycles. The van der Waals surface area contributed by atoms with Crippen molar-refractivity contribution in [2.24, 2.45) is 5.92 Å². The van der Waals surface area contributed by atoms with Crippen LogP contribution in [0.4, 0.5) is 0 Å². The second-order valence-electron chi connectivity index (χ2n) is 5.59. The normalized spacial score (nSPS) is 14.6. The Kier molecular flexibility index (Phi) is 4.11. The van der Waals surface area contributed by atoms with Gasteiger partial charge in [0.25, 0.3) is 0 Å². The Labute approximate surface area is 132 Å². The lowest BCUT2D eigenvalue weighted by Crippen LogP contribution is -2.26. The van der Waals surface area contributed by atoms with Gasteiger partial charge in [-0.1, -0.05) is 6.42 Å². The van der Waals surface area contributed by atoms with Crippen LogP contribution in [0.15, 0.2) is 17.6 Å². The summed E-state index contributed by atoms with van der Waals surface area (Å²) in [6.07, 6.45) is 4.57. The number of aryl methyl sites for hydroxylation is 1. The minimum absolute atomic E-state index is 0.00412. The maximum atomic E-state index is 12.3. The van der Waals surface area contributed by atoms with Crippen LogP contribution in [0.1, 0.15) is 41.0 Å². The first kappa shape index (κ1) is 15.0. The van der Waals surface area contributed by atoms with Crippen LogP contribution in [-0.2, 0) is 9.53 Å². The molecular formula is C16H18N2O3S. The van der Waals surface area contributed by atoms with Gasteiger partial charge in [0.2, 0.25) is 5.78 Å². The molecular weight excluding hydrogens is 300 g/mol. The lowest BCUT2D eigenvalue weighted by Gasteiger charge is -2.22. The zero-order valence-electron chi connectivity index (χ0n) is 12.7. The quantitative estimate of drug-likeness (QED) is 0.628. The highest BCUT2D eigenvalue weighted by Gasteiger charge is 2.27. The molecule has 0 aliphatic heterocycles. The van der Waals surface area contributed by atoms with Gasteiger partial charge in [-0.25, -0.2) is 4.98 Å². The highest BCUT2D eigenvalue weighted by molar-refractivity contribution is 7.12. The Morgan fingerprint density at radius 1 is 1.41 bits per heavy atom. The van der Waals surface area contributed by atoms with Crippen LogP contribution in [-0.4, -0.2) is 27.9 Å². The van der Waals surface area contributed by atoms with Crippen molar-refractivity contribution in [3.8, 4) is 5.13 Å². The van der Waals surface area contributed by atoms with Gasteiger partial charge in [-0.2, -0.15) is 0 Å². The molecule has 0 spiro atoms. The van der Waals surface area contributed by atoms with Gasteiger partial charge < -0.3 is 4.74 Å². The van der Waals surface area contributed by atoms with Crippen LogP contribution in [0.3, 0.4) is 0 Å².